The lowest BCUT2D eigenvalue weighted by Gasteiger charge is -2.38. The van der Waals surface area contributed by atoms with Gasteiger partial charge >= 0.3 is 18.0 Å². The fourth-order valence-corrected chi connectivity index (χ4v) is 3.69. The average Bonchev–Trinajstić information content (AvgIpc) is 2.75. The van der Waals surface area contributed by atoms with E-state index in [1.165, 1.54) is 12.0 Å². The summed E-state index contributed by atoms with van der Waals surface area (Å²) in [6.07, 6.45) is 0.633. The molecule has 0 aromatic heterocycles. The highest BCUT2D eigenvalue weighted by Crippen LogP contribution is 2.35. The molecular weight excluding hydrogens is 388 g/mol. The number of likely N-dealkylation sites (tertiary alicyclic amines) is 1. The van der Waals surface area contributed by atoms with Crippen LogP contribution in [0.4, 0.5) is 4.79 Å². The number of carboxylic acids is 1. The zero-order chi connectivity index (χ0) is 22.1. The molecule has 1 aliphatic rings. The second kappa shape index (κ2) is 11.0. The fourth-order valence-electron chi connectivity index (χ4n) is 3.69. The number of nitrogens with zero attached hydrogens (tertiary/aromatic N) is 1. The van der Waals surface area contributed by atoms with Crippen LogP contribution >= 0.6 is 0 Å². The molecule has 1 atom stereocenters. The quantitative estimate of drug-likeness (QED) is 0.592. The van der Waals surface area contributed by atoms with E-state index < -0.39 is 23.5 Å². The van der Waals surface area contributed by atoms with Crippen LogP contribution in [-0.2, 0) is 25.7 Å². The van der Waals surface area contributed by atoms with Crippen molar-refractivity contribution in [2.45, 2.75) is 45.8 Å². The Morgan fingerprint density at radius 3 is 2.33 bits per heavy atom. The molecule has 0 saturated carbocycles. The van der Waals surface area contributed by atoms with E-state index in [4.69, 9.17) is 9.47 Å². The highest BCUT2D eigenvalue weighted by molar-refractivity contribution is 5.77. The third-order valence-corrected chi connectivity index (χ3v) is 5.72. The zero-order valence-electron chi connectivity index (χ0n) is 17.9. The summed E-state index contributed by atoms with van der Waals surface area (Å²) >= 11 is 0. The predicted octanol–water partition coefficient (Wildman–Crippen LogP) is 2.67. The van der Waals surface area contributed by atoms with Crippen molar-refractivity contribution in [1.82, 2.24) is 10.2 Å². The molecule has 0 aliphatic carbocycles. The third kappa shape index (κ3) is 6.19. The molecule has 1 amide bonds. The average molecular weight is 421 g/mol. The summed E-state index contributed by atoms with van der Waals surface area (Å²) < 4.78 is 10.2. The first kappa shape index (κ1) is 23.7. The molecule has 1 aromatic carbocycles. The van der Waals surface area contributed by atoms with Gasteiger partial charge in [-0.2, -0.15) is 0 Å². The highest BCUT2D eigenvalue weighted by Gasteiger charge is 2.42. The van der Waals surface area contributed by atoms with Crippen molar-refractivity contribution in [2.24, 2.45) is 11.3 Å². The second-order valence-electron chi connectivity index (χ2n) is 8.06. The molecule has 0 bridgehead atoms. The second-order valence-corrected chi connectivity index (χ2v) is 8.06. The van der Waals surface area contributed by atoms with Crippen LogP contribution in [0.15, 0.2) is 30.3 Å². The van der Waals surface area contributed by atoms with E-state index in [1.807, 2.05) is 44.2 Å². The lowest BCUT2D eigenvalue weighted by atomic mass is 9.75. The Labute approximate surface area is 177 Å². The van der Waals surface area contributed by atoms with E-state index in [-0.39, 0.29) is 18.5 Å². The van der Waals surface area contributed by atoms with Crippen molar-refractivity contribution in [3.63, 3.8) is 0 Å². The lowest BCUT2D eigenvalue weighted by molar-refractivity contribution is -0.152. The number of aliphatic carboxylic acids is 1. The minimum Gasteiger partial charge on any atom is -0.481 e. The minimum atomic E-state index is -0.924. The van der Waals surface area contributed by atoms with Crippen LogP contribution in [0.2, 0.25) is 0 Å². The van der Waals surface area contributed by atoms with Gasteiger partial charge in [0.2, 0.25) is 0 Å². The lowest BCUT2D eigenvalue weighted by Crippen LogP contribution is -2.49. The van der Waals surface area contributed by atoms with E-state index in [0.29, 0.717) is 38.9 Å². The summed E-state index contributed by atoms with van der Waals surface area (Å²) in [6, 6.07) is 8.94. The van der Waals surface area contributed by atoms with Gasteiger partial charge in [0.25, 0.3) is 0 Å². The molecule has 166 valence electrons. The van der Waals surface area contributed by atoms with E-state index in [1.54, 1.807) is 0 Å². The number of carbonyl (C=O) groups is 3. The molecule has 1 saturated heterocycles. The molecular formula is C22H32N2O6. The normalized spacial score (nSPS) is 16.7. The smallest absolute Gasteiger partial charge is 0.409 e. The molecule has 1 aliphatic heterocycles. The summed E-state index contributed by atoms with van der Waals surface area (Å²) in [4.78, 5) is 37.7. The van der Waals surface area contributed by atoms with Crippen molar-refractivity contribution >= 4 is 18.0 Å². The predicted molar refractivity (Wildman–Crippen MR) is 111 cm³/mol. The molecule has 2 rings (SSSR count). The van der Waals surface area contributed by atoms with Crippen LogP contribution in [0, 0.1) is 11.3 Å². The van der Waals surface area contributed by atoms with E-state index in [9.17, 15) is 19.5 Å². The molecule has 1 aromatic rings. The number of esters is 1. The topological polar surface area (TPSA) is 105 Å². The largest absolute Gasteiger partial charge is 0.481 e. The van der Waals surface area contributed by atoms with Crippen molar-refractivity contribution in [2.75, 3.05) is 26.7 Å². The Hall–Kier alpha value is -2.61. The van der Waals surface area contributed by atoms with E-state index in [2.05, 4.69) is 5.32 Å². The molecule has 1 fully saturated rings. The van der Waals surface area contributed by atoms with Gasteiger partial charge < -0.3 is 24.8 Å². The van der Waals surface area contributed by atoms with E-state index >= 15 is 0 Å². The fraction of sp³-hybridized carbons (Fsp3) is 0.591. The minimum absolute atomic E-state index is 0.00442. The molecule has 0 unspecified atom stereocenters. The number of benzene rings is 1. The van der Waals surface area contributed by atoms with Gasteiger partial charge in [-0.25, -0.2) is 4.79 Å². The highest BCUT2D eigenvalue weighted by atomic mass is 16.5. The third-order valence-electron chi connectivity index (χ3n) is 5.72. The molecule has 8 heteroatoms. The maximum atomic E-state index is 12.5. The standard InChI is InChI=1S/C22H32N2O6/c1-16(2)18(19(25)30-15-17-7-5-4-6-8-17)23-12-9-22(20(26)27)10-13-24(14-11-22)21(28)29-3/h4-8,16,18,23H,9-15H2,1-3H3,(H,26,27)/t18-/m0/s1. The number of nitrogens with one attached hydrogen (secondary N) is 1. The van der Waals surface area contributed by atoms with E-state index in [0.717, 1.165) is 5.56 Å². The number of rotatable bonds is 9. The van der Waals surface area contributed by atoms with Crippen LogP contribution in [0.25, 0.3) is 0 Å². The number of hydrogen-bond donors (Lipinski definition) is 2. The maximum Gasteiger partial charge on any atom is 0.409 e. The monoisotopic (exact) mass is 420 g/mol. The maximum absolute atomic E-state index is 12.5. The first-order chi connectivity index (χ1) is 14.3. The Morgan fingerprint density at radius 2 is 1.80 bits per heavy atom. The molecule has 0 radical (unpaired) electrons. The van der Waals surface area contributed by atoms with Crippen molar-refractivity contribution < 1.29 is 29.0 Å². The van der Waals surface area contributed by atoms with Crippen LogP contribution < -0.4 is 5.32 Å². The number of carbonyl (C=O) groups excluding carboxylic acids is 2. The van der Waals surface area contributed by atoms with Gasteiger partial charge in [0.1, 0.15) is 12.6 Å². The SMILES string of the molecule is COC(=O)N1CCC(CCN[C@H](C(=O)OCc2ccccc2)C(C)C)(C(=O)O)CC1. The van der Waals surface area contributed by atoms with Gasteiger partial charge in [0.05, 0.1) is 12.5 Å². The van der Waals surface area contributed by atoms with Crippen molar-refractivity contribution in [3.8, 4) is 0 Å². The summed E-state index contributed by atoms with van der Waals surface area (Å²) in [7, 11) is 1.31. The van der Waals surface area contributed by atoms with Gasteiger partial charge in [0.15, 0.2) is 0 Å². The van der Waals surface area contributed by atoms with Crippen LogP contribution in [-0.4, -0.2) is 60.8 Å². The summed E-state index contributed by atoms with van der Waals surface area (Å²) in [5.41, 5.74) is -0.0111. The van der Waals surface area contributed by atoms with Crippen molar-refractivity contribution in [3.05, 3.63) is 35.9 Å². The Balaban J connectivity index is 1.89. The van der Waals surface area contributed by atoms with Gasteiger partial charge in [-0.1, -0.05) is 44.2 Å². The zero-order valence-corrected chi connectivity index (χ0v) is 17.9. The number of methoxy groups -OCH3 is 1. The Kier molecular flexibility index (Phi) is 8.65. The molecule has 8 nitrogen and oxygen atoms in total. The Bertz CT molecular complexity index is 714. The van der Waals surface area contributed by atoms with Gasteiger partial charge in [-0.3, -0.25) is 9.59 Å². The number of carboxylic acid groups (broad SMARTS) is 1. The van der Waals surface area contributed by atoms with Crippen molar-refractivity contribution in [1.29, 1.82) is 0 Å². The summed E-state index contributed by atoms with van der Waals surface area (Å²) in [5, 5.41) is 13.0. The number of amides is 1. The first-order valence-electron chi connectivity index (χ1n) is 10.3. The van der Waals surface area contributed by atoms with Gasteiger partial charge in [-0.15, -0.1) is 0 Å². The van der Waals surface area contributed by atoms with Crippen LogP contribution in [0.5, 0.6) is 0 Å². The Morgan fingerprint density at radius 1 is 1.17 bits per heavy atom. The molecule has 30 heavy (non-hydrogen) atoms. The van der Waals surface area contributed by atoms with Crippen LogP contribution in [0.1, 0.15) is 38.7 Å². The van der Waals surface area contributed by atoms with Crippen LogP contribution in [0.3, 0.4) is 0 Å². The molecule has 1 heterocycles. The first-order valence-corrected chi connectivity index (χ1v) is 10.3. The van der Waals surface area contributed by atoms with Gasteiger partial charge in [-0.05, 0) is 37.3 Å². The number of piperidine rings is 1. The number of ether oxygens (including phenoxy) is 2. The number of hydrogen-bond acceptors (Lipinski definition) is 6. The summed E-state index contributed by atoms with van der Waals surface area (Å²) in [5.74, 6) is -1.23. The molecule has 2 N–H and O–H groups in total. The van der Waals surface area contributed by atoms with Gasteiger partial charge in [0, 0.05) is 13.1 Å². The molecule has 0 spiro atoms. The summed E-state index contributed by atoms with van der Waals surface area (Å²) in [6.45, 7) is 5.09.